The van der Waals surface area contributed by atoms with E-state index < -0.39 is 116 Å². The molecule has 2 aliphatic heterocycles. The molecule has 7 rings (SSSR count). The third kappa shape index (κ3) is 12.6. The summed E-state index contributed by atoms with van der Waals surface area (Å²) >= 11 is 5.58. The van der Waals surface area contributed by atoms with E-state index in [2.05, 4.69) is 0 Å². The molecule has 2 aliphatic rings. The molecule has 2 saturated heterocycles. The first-order valence-electron chi connectivity index (χ1n) is 21.2. The number of halogens is 1. The molecular formula is C50H45ClO17. The van der Waals surface area contributed by atoms with Crippen molar-refractivity contribution in [3.05, 3.63) is 179 Å². The summed E-state index contributed by atoms with van der Waals surface area (Å²) in [5, 5.41) is 11.4. The van der Waals surface area contributed by atoms with Gasteiger partial charge in [0, 0.05) is 7.11 Å². The van der Waals surface area contributed by atoms with Gasteiger partial charge < -0.3 is 52.5 Å². The summed E-state index contributed by atoms with van der Waals surface area (Å²) in [6.45, 7) is -1.82. The molecule has 2 fully saturated rings. The normalized spacial score (nSPS) is 24.4. The van der Waals surface area contributed by atoms with Crippen molar-refractivity contribution in [1.29, 1.82) is 0 Å². The van der Waals surface area contributed by atoms with Crippen molar-refractivity contribution in [1.82, 2.24) is 0 Å². The molecule has 0 amide bonds. The van der Waals surface area contributed by atoms with Crippen molar-refractivity contribution in [3.63, 3.8) is 0 Å². The van der Waals surface area contributed by atoms with Gasteiger partial charge in [-0.25, -0.2) is 24.0 Å². The molecule has 0 bridgehead atoms. The highest BCUT2D eigenvalue weighted by molar-refractivity contribution is 6.63. The minimum atomic E-state index is -1.98. The molecule has 10 atom stereocenters. The number of hydrogen-bond donors (Lipinski definition) is 1. The van der Waals surface area contributed by atoms with Crippen LogP contribution < -0.4 is 0 Å². The summed E-state index contributed by atoms with van der Waals surface area (Å²) < 4.78 is 60.3. The molecule has 0 spiro atoms. The second kappa shape index (κ2) is 23.8. The van der Waals surface area contributed by atoms with E-state index in [4.69, 9.17) is 59.0 Å². The van der Waals surface area contributed by atoms with Crippen LogP contribution in [0, 0.1) is 0 Å². The third-order valence-electron chi connectivity index (χ3n) is 10.6. The maximum Gasteiger partial charge on any atom is 0.338 e. The molecule has 0 radical (unpaired) electrons. The van der Waals surface area contributed by atoms with Gasteiger partial charge >= 0.3 is 29.8 Å². The number of ether oxygens (including phenoxy) is 10. The van der Waals surface area contributed by atoms with Crippen LogP contribution in [0.2, 0.25) is 0 Å². The van der Waals surface area contributed by atoms with Gasteiger partial charge in [-0.1, -0.05) is 91.0 Å². The molecule has 17 nitrogen and oxygen atoms in total. The smallest absolute Gasteiger partial charge is 0.338 e. The summed E-state index contributed by atoms with van der Waals surface area (Å²) in [6.07, 6.45) is -17.0. The average Bonchev–Trinajstić information content (AvgIpc) is 3.37. The molecule has 5 aromatic carbocycles. The van der Waals surface area contributed by atoms with E-state index in [9.17, 15) is 33.9 Å². The van der Waals surface area contributed by atoms with E-state index >= 15 is 0 Å². The second-order valence-electron chi connectivity index (χ2n) is 15.2. The zero-order valence-electron chi connectivity index (χ0n) is 36.2. The maximum atomic E-state index is 14.1. The van der Waals surface area contributed by atoms with Crippen LogP contribution in [-0.2, 0) is 52.2 Å². The number of aliphatic hydroxyl groups excluding tert-OH is 1. The van der Waals surface area contributed by atoms with E-state index in [1.807, 2.05) is 0 Å². The van der Waals surface area contributed by atoms with Gasteiger partial charge in [0.15, 0.2) is 37.0 Å². The zero-order valence-corrected chi connectivity index (χ0v) is 36.9. The first-order chi connectivity index (χ1) is 33.0. The minimum absolute atomic E-state index is 0.0413. The van der Waals surface area contributed by atoms with Gasteiger partial charge in [-0.15, -0.1) is 0 Å². The van der Waals surface area contributed by atoms with Crippen molar-refractivity contribution in [2.45, 2.75) is 61.4 Å². The maximum absolute atomic E-state index is 14.1. The topological polar surface area (TPSA) is 215 Å². The van der Waals surface area contributed by atoms with E-state index in [1.54, 1.807) is 91.0 Å². The quantitative estimate of drug-likeness (QED) is 0.0664. The van der Waals surface area contributed by atoms with Crippen molar-refractivity contribution in [3.8, 4) is 0 Å². The minimum Gasteiger partial charge on any atom is -0.459 e. The first kappa shape index (κ1) is 49.1. The summed E-state index contributed by atoms with van der Waals surface area (Å²) in [6, 6.07) is 39.2. The van der Waals surface area contributed by atoms with Crippen LogP contribution in [0.3, 0.4) is 0 Å². The summed E-state index contributed by atoms with van der Waals surface area (Å²) in [5.41, 5.74) is 0.477. The van der Waals surface area contributed by atoms with Gasteiger partial charge in [0.2, 0.25) is 5.24 Å². The second-order valence-corrected chi connectivity index (χ2v) is 15.6. The Morgan fingerprint density at radius 2 is 0.838 bits per heavy atom. The monoisotopic (exact) mass is 952 g/mol. The number of esters is 5. The van der Waals surface area contributed by atoms with Crippen LogP contribution >= 0.6 is 11.6 Å². The van der Waals surface area contributed by atoms with Gasteiger partial charge in [0.25, 0.3) is 0 Å². The lowest BCUT2D eigenvalue weighted by atomic mass is 9.96. The van der Waals surface area contributed by atoms with Gasteiger partial charge in [0.1, 0.15) is 37.6 Å². The lowest BCUT2D eigenvalue weighted by Gasteiger charge is -2.48. The van der Waals surface area contributed by atoms with Crippen molar-refractivity contribution in [2.75, 3.05) is 26.9 Å². The number of carbonyl (C=O) groups excluding carboxylic acids is 6. The Morgan fingerprint density at radius 3 is 1.26 bits per heavy atom. The Balaban J connectivity index is 1.31. The van der Waals surface area contributed by atoms with Crippen molar-refractivity contribution >= 4 is 46.7 Å². The predicted molar refractivity (Wildman–Crippen MR) is 236 cm³/mol. The standard InChI is InChI=1S/C50H45ClO17/c1-59-49-43(67-48(58)34-25-15-6-16-26-34)42(66-47(57)33-23-13-5-14-24-33)40(36(62-49)28-61-44(54)30-17-7-2-8-18-30)68-50-41(65-46(56)32-21-11-4-12-22-32)38(53)39(35(63-50)27-60-29-37(51)52)64-45(55)31-19-9-3-10-20-31/h2-26,35-36,38-43,49-50,53H,27-29H2,1H3/t35-,36-,38+,39+,40-,41-,42+,43+,49+,50+/m1/s1. The van der Waals surface area contributed by atoms with Crippen LogP contribution in [0.25, 0.3) is 0 Å². The van der Waals surface area contributed by atoms with Gasteiger partial charge in [-0.2, -0.15) is 0 Å². The molecule has 0 aliphatic carbocycles. The van der Waals surface area contributed by atoms with Crippen LogP contribution in [-0.4, -0.2) is 129 Å². The van der Waals surface area contributed by atoms with E-state index in [-0.39, 0.29) is 27.8 Å². The Kier molecular flexibility index (Phi) is 17.1. The largest absolute Gasteiger partial charge is 0.459 e. The highest BCUT2D eigenvalue weighted by Gasteiger charge is 2.57. The van der Waals surface area contributed by atoms with Crippen molar-refractivity contribution < 1.29 is 81.2 Å². The van der Waals surface area contributed by atoms with Gasteiger partial charge in [-0.05, 0) is 72.3 Å². The number of methoxy groups -OCH3 is 1. The molecule has 0 unspecified atom stereocenters. The Morgan fingerprint density at radius 1 is 0.471 bits per heavy atom. The van der Waals surface area contributed by atoms with Gasteiger partial charge in [0.05, 0.1) is 34.4 Å². The fourth-order valence-corrected chi connectivity index (χ4v) is 7.40. The van der Waals surface area contributed by atoms with Crippen LogP contribution in [0.1, 0.15) is 51.8 Å². The molecule has 0 aromatic heterocycles. The van der Waals surface area contributed by atoms with E-state index in [1.165, 1.54) is 67.8 Å². The molecule has 354 valence electrons. The lowest BCUT2D eigenvalue weighted by molar-refractivity contribution is -0.355. The predicted octanol–water partition coefficient (Wildman–Crippen LogP) is 5.37. The number of aliphatic hydroxyl groups is 1. The van der Waals surface area contributed by atoms with Gasteiger partial charge in [-0.3, -0.25) is 4.79 Å². The molecule has 2 heterocycles. The Bertz CT molecular complexity index is 2460. The molecule has 18 heteroatoms. The Hall–Kier alpha value is -6.83. The fraction of sp³-hybridized carbons (Fsp3) is 0.280. The lowest BCUT2D eigenvalue weighted by Crippen LogP contribution is -2.67. The number of hydrogen-bond acceptors (Lipinski definition) is 17. The molecule has 1 N–H and O–H groups in total. The highest BCUT2D eigenvalue weighted by atomic mass is 35.5. The third-order valence-corrected chi connectivity index (χ3v) is 10.7. The molecule has 0 saturated carbocycles. The molecule has 68 heavy (non-hydrogen) atoms. The number of benzene rings is 5. The summed E-state index contributed by atoms with van der Waals surface area (Å²) in [4.78, 5) is 80.5. The number of rotatable bonds is 18. The fourth-order valence-electron chi connectivity index (χ4n) is 7.32. The number of carbonyl (C=O) groups is 6. The molecule has 5 aromatic rings. The first-order valence-corrected chi connectivity index (χ1v) is 21.6. The van der Waals surface area contributed by atoms with E-state index in [0.29, 0.717) is 0 Å². The van der Waals surface area contributed by atoms with Crippen LogP contribution in [0.15, 0.2) is 152 Å². The zero-order chi connectivity index (χ0) is 48.0. The SMILES string of the molecule is CO[C@H]1O[C@H](COC(=O)c2ccccc2)[C@@H](O[C@@H]2O[C@H](COCC(=O)Cl)[C@H](OC(=O)c3ccccc3)[C@H](O)[C@H]2OC(=O)c2ccccc2)[C@H](OC(=O)c2ccccc2)[C@@H]1OC(=O)c1ccccc1. The van der Waals surface area contributed by atoms with Crippen LogP contribution in [0.5, 0.6) is 0 Å². The van der Waals surface area contributed by atoms with E-state index in [0.717, 1.165) is 0 Å². The summed E-state index contributed by atoms with van der Waals surface area (Å²) in [5.74, 6) is -4.49. The highest BCUT2D eigenvalue weighted by Crippen LogP contribution is 2.36. The summed E-state index contributed by atoms with van der Waals surface area (Å²) in [7, 11) is 1.24. The van der Waals surface area contributed by atoms with Crippen LogP contribution in [0.4, 0.5) is 0 Å². The molecular weight excluding hydrogens is 908 g/mol. The Labute approximate surface area is 394 Å². The average molecular weight is 953 g/mol. The van der Waals surface area contributed by atoms with Crippen molar-refractivity contribution in [2.24, 2.45) is 0 Å².